The van der Waals surface area contributed by atoms with Crippen molar-refractivity contribution in [2.24, 2.45) is 0 Å². The molecule has 0 saturated carbocycles. The minimum atomic E-state index is -0.589. The summed E-state index contributed by atoms with van der Waals surface area (Å²) in [4.78, 5) is 0. The van der Waals surface area contributed by atoms with E-state index in [4.69, 9.17) is 9.84 Å². The van der Waals surface area contributed by atoms with Crippen molar-refractivity contribution in [3.63, 3.8) is 0 Å². The second-order valence-electron chi connectivity index (χ2n) is 2.11. The minimum Gasteiger partial charge on any atom is -0.497 e. The lowest BCUT2D eigenvalue weighted by atomic mass is 10.2. The molecule has 0 bridgehead atoms. The van der Waals surface area contributed by atoms with Gasteiger partial charge in [0.25, 0.3) is 0 Å². The lowest BCUT2D eigenvalue weighted by Crippen LogP contribution is -1.87. The van der Waals surface area contributed by atoms with Gasteiger partial charge in [0.2, 0.25) is 0 Å². The van der Waals surface area contributed by atoms with Gasteiger partial charge in [-0.25, -0.2) is 0 Å². The van der Waals surface area contributed by atoms with Crippen molar-refractivity contribution < 1.29 is 9.84 Å². The molecule has 1 aromatic carbocycles. The Hall–Kier alpha value is -0.540. The first-order valence-corrected chi connectivity index (χ1v) is 4.11. The molecular formula is C8H9BrO2. The van der Waals surface area contributed by atoms with Gasteiger partial charge in [-0.3, -0.25) is 0 Å². The number of benzene rings is 1. The van der Waals surface area contributed by atoms with Gasteiger partial charge in [0.05, 0.1) is 7.11 Å². The van der Waals surface area contributed by atoms with E-state index in [-0.39, 0.29) is 0 Å². The summed E-state index contributed by atoms with van der Waals surface area (Å²) in [5.74, 6) is 0.793. The van der Waals surface area contributed by atoms with Crippen molar-refractivity contribution in [3.8, 4) is 5.75 Å². The number of aliphatic hydroxyl groups excluding tert-OH is 1. The van der Waals surface area contributed by atoms with Gasteiger partial charge >= 0.3 is 0 Å². The molecule has 0 radical (unpaired) electrons. The number of ether oxygens (including phenoxy) is 1. The second kappa shape index (κ2) is 3.74. The second-order valence-corrected chi connectivity index (χ2v) is 2.98. The van der Waals surface area contributed by atoms with Crippen molar-refractivity contribution >= 4 is 15.9 Å². The minimum absolute atomic E-state index is 0.589. The van der Waals surface area contributed by atoms with Gasteiger partial charge in [0.15, 0.2) is 0 Å². The van der Waals surface area contributed by atoms with Gasteiger partial charge in [-0.15, -0.1) is 0 Å². The van der Waals surface area contributed by atoms with Crippen LogP contribution in [0.5, 0.6) is 5.75 Å². The quantitative estimate of drug-likeness (QED) is 0.768. The molecule has 0 aliphatic rings. The molecule has 60 valence electrons. The number of aliphatic hydroxyl groups is 1. The monoisotopic (exact) mass is 216 g/mol. The van der Waals surface area contributed by atoms with Crippen LogP contribution >= 0.6 is 15.9 Å². The Bertz CT molecular complexity index is 218. The lowest BCUT2D eigenvalue weighted by molar-refractivity contribution is 0.277. The van der Waals surface area contributed by atoms with Crippen molar-refractivity contribution in [1.29, 1.82) is 0 Å². The largest absolute Gasteiger partial charge is 0.497 e. The third-order valence-electron chi connectivity index (χ3n) is 1.39. The Kier molecular flexibility index (Phi) is 2.91. The van der Waals surface area contributed by atoms with E-state index in [1.807, 2.05) is 0 Å². The maximum absolute atomic E-state index is 9.06. The summed E-state index contributed by atoms with van der Waals surface area (Å²) < 4.78 is 4.95. The van der Waals surface area contributed by atoms with E-state index in [0.29, 0.717) is 0 Å². The standard InChI is InChI=1S/C8H9BrO2/c1-11-7-4-2-6(3-5-7)8(9)10/h2-5,8,10H,1H3. The summed E-state index contributed by atoms with van der Waals surface area (Å²) >= 11 is 3.04. The molecule has 1 aromatic rings. The van der Waals surface area contributed by atoms with E-state index >= 15 is 0 Å². The third kappa shape index (κ3) is 2.20. The molecule has 1 N–H and O–H groups in total. The van der Waals surface area contributed by atoms with Crippen LogP contribution in [0.25, 0.3) is 0 Å². The molecular weight excluding hydrogens is 208 g/mol. The Morgan fingerprint density at radius 1 is 1.36 bits per heavy atom. The molecule has 1 atom stereocenters. The summed E-state index contributed by atoms with van der Waals surface area (Å²) in [6.45, 7) is 0. The van der Waals surface area contributed by atoms with E-state index < -0.39 is 5.01 Å². The highest BCUT2D eigenvalue weighted by molar-refractivity contribution is 9.09. The van der Waals surface area contributed by atoms with Gasteiger partial charge < -0.3 is 9.84 Å². The first-order valence-electron chi connectivity index (χ1n) is 3.20. The molecule has 0 aliphatic carbocycles. The molecule has 0 aromatic heterocycles. The molecule has 0 heterocycles. The molecule has 0 saturated heterocycles. The number of hydrogen-bond donors (Lipinski definition) is 1. The van der Waals surface area contributed by atoms with Crippen molar-refractivity contribution in [2.45, 2.75) is 5.01 Å². The highest BCUT2D eigenvalue weighted by Crippen LogP contribution is 2.21. The molecule has 0 spiro atoms. The molecule has 2 nitrogen and oxygen atoms in total. The van der Waals surface area contributed by atoms with E-state index in [2.05, 4.69) is 15.9 Å². The van der Waals surface area contributed by atoms with Crippen molar-refractivity contribution in [2.75, 3.05) is 7.11 Å². The SMILES string of the molecule is COc1ccc(C(O)Br)cc1. The molecule has 0 amide bonds. The Morgan fingerprint density at radius 2 is 1.91 bits per heavy atom. The lowest BCUT2D eigenvalue weighted by Gasteiger charge is -2.03. The van der Waals surface area contributed by atoms with Gasteiger partial charge in [0.1, 0.15) is 10.8 Å². The Balaban J connectivity index is 2.83. The van der Waals surface area contributed by atoms with E-state index in [0.717, 1.165) is 11.3 Å². The third-order valence-corrected chi connectivity index (χ3v) is 1.92. The van der Waals surface area contributed by atoms with Crippen LogP contribution in [0.3, 0.4) is 0 Å². The Morgan fingerprint density at radius 3 is 2.27 bits per heavy atom. The van der Waals surface area contributed by atoms with Crippen LogP contribution in [0.15, 0.2) is 24.3 Å². The number of alkyl halides is 1. The zero-order valence-electron chi connectivity index (χ0n) is 6.12. The van der Waals surface area contributed by atoms with Crippen LogP contribution in [0.4, 0.5) is 0 Å². The average Bonchev–Trinajstić information content (AvgIpc) is 2.05. The highest BCUT2D eigenvalue weighted by atomic mass is 79.9. The molecule has 0 fully saturated rings. The average molecular weight is 217 g/mol. The molecule has 3 heteroatoms. The zero-order chi connectivity index (χ0) is 8.27. The van der Waals surface area contributed by atoms with Crippen LogP contribution in [0.1, 0.15) is 10.6 Å². The maximum atomic E-state index is 9.06. The van der Waals surface area contributed by atoms with Crippen LogP contribution < -0.4 is 4.74 Å². The predicted octanol–water partition coefficient (Wildman–Crippen LogP) is 2.08. The smallest absolute Gasteiger partial charge is 0.134 e. The first kappa shape index (κ1) is 8.56. The van der Waals surface area contributed by atoms with Gasteiger partial charge in [-0.1, -0.05) is 28.1 Å². The fourth-order valence-corrected chi connectivity index (χ4v) is 1.07. The Labute approximate surface area is 73.9 Å². The normalized spacial score (nSPS) is 12.6. The topological polar surface area (TPSA) is 29.5 Å². The number of methoxy groups -OCH3 is 1. The van der Waals surface area contributed by atoms with Crippen LogP contribution in [0, 0.1) is 0 Å². The highest BCUT2D eigenvalue weighted by Gasteiger charge is 2.00. The van der Waals surface area contributed by atoms with Gasteiger partial charge in [-0.05, 0) is 17.7 Å². The molecule has 1 rings (SSSR count). The summed E-state index contributed by atoms with van der Waals surface area (Å²) in [5, 5.41) is 8.47. The van der Waals surface area contributed by atoms with E-state index in [1.54, 1.807) is 31.4 Å². The fourth-order valence-electron chi connectivity index (χ4n) is 0.763. The summed E-state index contributed by atoms with van der Waals surface area (Å²) in [7, 11) is 1.61. The van der Waals surface area contributed by atoms with E-state index in [1.165, 1.54) is 0 Å². The number of rotatable bonds is 2. The summed E-state index contributed by atoms with van der Waals surface area (Å²) in [6.07, 6.45) is 0. The fraction of sp³-hybridized carbons (Fsp3) is 0.250. The van der Waals surface area contributed by atoms with Crippen LogP contribution in [0.2, 0.25) is 0 Å². The maximum Gasteiger partial charge on any atom is 0.134 e. The number of hydrogen-bond acceptors (Lipinski definition) is 2. The van der Waals surface area contributed by atoms with E-state index in [9.17, 15) is 0 Å². The van der Waals surface area contributed by atoms with Gasteiger partial charge in [0, 0.05) is 0 Å². The van der Waals surface area contributed by atoms with Crippen molar-refractivity contribution in [1.82, 2.24) is 0 Å². The zero-order valence-corrected chi connectivity index (χ0v) is 7.71. The molecule has 0 aliphatic heterocycles. The predicted molar refractivity (Wildman–Crippen MR) is 46.9 cm³/mol. The molecule has 11 heavy (non-hydrogen) atoms. The first-order chi connectivity index (χ1) is 5.24. The molecule has 1 unspecified atom stereocenters. The van der Waals surface area contributed by atoms with Crippen molar-refractivity contribution in [3.05, 3.63) is 29.8 Å². The number of halogens is 1. The summed E-state index contributed by atoms with van der Waals surface area (Å²) in [5.41, 5.74) is 0.825. The van der Waals surface area contributed by atoms with Crippen LogP contribution in [-0.4, -0.2) is 12.2 Å². The van der Waals surface area contributed by atoms with Gasteiger partial charge in [-0.2, -0.15) is 0 Å². The van der Waals surface area contributed by atoms with Crippen LogP contribution in [-0.2, 0) is 0 Å². The summed E-state index contributed by atoms with van der Waals surface area (Å²) in [6, 6.07) is 7.22.